The van der Waals surface area contributed by atoms with Crippen molar-refractivity contribution in [2.24, 2.45) is 0 Å². The lowest BCUT2D eigenvalue weighted by molar-refractivity contribution is 0.0955. The molecule has 0 radical (unpaired) electrons. The zero-order chi connectivity index (χ0) is 22.5. The van der Waals surface area contributed by atoms with Crippen LogP contribution >= 0.6 is 22.6 Å². The third-order valence-electron chi connectivity index (χ3n) is 5.25. The second kappa shape index (κ2) is 9.99. The molecule has 1 N–H and O–H groups in total. The molecule has 0 aliphatic rings. The molecule has 0 fully saturated rings. The van der Waals surface area contributed by atoms with Crippen LogP contribution in [-0.2, 0) is 6.42 Å². The minimum Gasteiger partial charge on any atom is -0.493 e. The van der Waals surface area contributed by atoms with E-state index in [2.05, 4.69) is 27.9 Å². The Morgan fingerprint density at radius 3 is 2.47 bits per heavy atom. The largest absolute Gasteiger partial charge is 0.493 e. The van der Waals surface area contributed by atoms with Crippen molar-refractivity contribution < 1.29 is 14.3 Å². The van der Waals surface area contributed by atoms with Gasteiger partial charge in [-0.25, -0.2) is 4.98 Å². The lowest BCUT2D eigenvalue weighted by atomic mass is 10.0. The minimum absolute atomic E-state index is 0.114. The molecule has 1 aromatic heterocycles. The van der Waals surface area contributed by atoms with E-state index in [9.17, 15) is 4.79 Å². The molecular weight excluding hydrogens is 515 g/mol. The Morgan fingerprint density at radius 2 is 1.72 bits per heavy atom. The highest BCUT2D eigenvalue weighted by atomic mass is 127. The van der Waals surface area contributed by atoms with Crippen molar-refractivity contribution >= 4 is 39.4 Å². The second-order valence-corrected chi connectivity index (χ2v) is 8.41. The number of para-hydroxylation sites is 1. The first-order valence-corrected chi connectivity index (χ1v) is 11.3. The molecule has 0 atom stereocenters. The number of pyridine rings is 1. The molecule has 4 aromatic rings. The molecule has 0 bridgehead atoms. The Balaban J connectivity index is 1.59. The number of carbonyl (C=O) groups is 1. The standard InChI is InChI=1S/C26H23IN2O3/c1-31-23-12-11-17(15-24(23)32-2)13-14-28-26(30)20-16-22(18-7-4-3-5-8-18)29-25-19(20)9-6-10-21(25)27/h3-12,15-16H,13-14H2,1-2H3,(H,28,30). The van der Waals surface area contributed by atoms with Gasteiger partial charge >= 0.3 is 0 Å². The molecule has 0 unspecified atom stereocenters. The molecule has 162 valence electrons. The summed E-state index contributed by atoms with van der Waals surface area (Å²) in [5, 5.41) is 3.91. The highest BCUT2D eigenvalue weighted by Gasteiger charge is 2.15. The van der Waals surface area contributed by atoms with E-state index in [0.29, 0.717) is 30.0 Å². The molecule has 6 heteroatoms. The van der Waals surface area contributed by atoms with Gasteiger partial charge in [0.25, 0.3) is 5.91 Å². The molecule has 0 spiro atoms. The molecule has 3 aromatic carbocycles. The van der Waals surface area contributed by atoms with E-state index in [1.165, 1.54) is 0 Å². The van der Waals surface area contributed by atoms with Gasteiger partial charge in [0.1, 0.15) is 0 Å². The molecule has 5 nitrogen and oxygen atoms in total. The molecule has 0 aliphatic carbocycles. The Hall–Kier alpha value is -3.13. The van der Waals surface area contributed by atoms with Gasteiger partial charge in [-0.05, 0) is 58.8 Å². The van der Waals surface area contributed by atoms with Crippen LogP contribution in [0.2, 0.25) is 0 Å². The van der Waals surface area contributed by atoms with Gasteiger partial charge < -0.3 is 14.8 Å². The number of nitrogens with zero attached hydrogens (tertiary/aromatic N) is 1. The van der Waals surface area contributed by atoms with Crippen LogP contribution in [0.4, 0.5) is 0 Å². The topological polar surface area (TPSA) is 60.5 Å². The number of hydrogen-bond donors (Lipinski definition) is 1. The number of carbonyl (C=O) groups excluding carboxylic acids is 1. The summed E-state index contributed by atoms with van der Waals surface area (Å²) >= 11 is 2.27. The van der Waals surface area contributed by atoms with E-state index in [-0.39, 0.29) is 5.91 Å². The van der Waals surface area contributed by atoms with Crippen LogP contribution in [0.15, 0.2) is 72.8 Å². The number of rotatable bonds is 7. The van der Waals surface area contributed by atoms with Gasteiger partial charge in [-0.3, -0.25) is 4.79 Å². The Labute approximate surface area is 200 Å². The zero-order valence-electron chi connectivity index (χ0n) is 17.9. The van der Waals surface area contributed by atoms with Gasteiger partial charge in [0.15, 0.2) is 11.5 Å². The Morgan fingerprint density at radius 1 is 0.938 bits per heavy atom. The van der Waals surface area contributed by atoms with Gasteiger partial charge in [-0.15, -0.1) is 0 Å². The Bertz CT molecular complexity index is 1260. The maximum absolute atomic E-state index is 13.2. The van der Waals surface area contributed by atoms with Gasteiger partial charge in [-0.2, -0.15) is 0 Å². The van der Waals surface area contributed by atoms with Crippen LogP contribution in [0.1, 0.15) is 15.9 Å². The van der Waals surface area contributed by atoms with E-state index < -0.39 is 0 Å². The SMILES string of the molecule is COc1ccc(CCNC(=O)c2cc(-c3ccccc3)nc3c(I)cccc23)cc1OC. The fourth-order valence-corrected chi connectivity index (χ4v) is 4.23. The smallest absolute Gasteiger partial charge is 0.252 e. The van der Waals surface area contributed by atoms with E-state index in [1.54, 1.807) is 14.2 Å². The highest BCUT2D eigenvalue weighted by Crippen LogP contribution is 2.29. The number of ether oxygens (including phenoxy) is 2. The number of benzene rings is 3. The van der Waals surface area contributed by atoms with E-state index in [0.717, 1.165) is 31.3 Å². The van der Waals surface area contributed by atoms with Crippen LogP contribution in [0.5, 0.6) is 11.5 Å². The third-order valence-corrected chi connectivity index (χ3v) is 6.12. The van der Waals surface area contributed by atoms with E-state index in [1.807, 2.05) is 72.8 Å². The summed E-state index contributed by atoms with van der Waals surface area (Å²) in [6.07, 6.45) is 0.679. The highest BCUT2D eigenvalue weighted by molar-refractivity contribution is 14.1. The van der Waals surface area contributed by atoms with Crippen LogP contribution in [0.25, 0.3) is 22.2 Å². The van der Waals surface area contributed by atoms with Crippen molar-refractivity contribution in [2.75, 3.05) is 20.8 Å². The monoisotopic (exact) mass is 538 g/mol. The summed E-state index contributed by atoms with van der Waals surface area (Å²) in [4.78, 5) is 18.0. The molecule has 0 saturated carbocycles. The lowest BCUT2D eigenvalue weighted by Gasteiger charge is -2.12. The van der Waals surface area contributed by atoms with Crippen LogP contribution in [0, 0.1) is 3.57 Å². The number of halogens is 1. The van der Waals surface area contributed by atoms with Gasteiger partial charge in [0.05, 0.1) is 31.0 Å². The number of fused-ring (bicyclic) bond motifs is 1. The lowest BCUT2D eigenvalue weighted by Crippen LogP contribution is -2.26. The van der Waals surface area contributed by atoms with Crippen molar-refractivity contribution in [1.82, 2.24) is 10.3 Å². The van der Waals surface area contributed by atoms with E-state index >= 15 is 0 Å². The summed E-state index contributed by atoms with van der Waals surface area (Å²) in [5.74, 6) is 1.25. The van der Waals surface area contributed by atoms with E-state index in [4.69, 9.17) is 14.5 Å². The average Bonchev–Trinajstić information content (AvgIpc) is 2.84. The van der Waals surface area contributed by atoms with Crippen LogP contribution in [0.3, 0.4) is 0 Å². The number of amides is 1. The van der Waals surface area contributed by atoms with Crippen molar-refractivity contribution in [2.45, 2.75) is 6.42 Å². The molecular formula is C26H23IN2O3. The summed E-state index contributed by atoms with van der Waals surface area (Å²) in [6, 6.07) is 23.5. The predicted molar refractivity (Wildman–Crippen MR) is 135 cm³/mol. The fourth-order valence-electron chi connectivity index (χ4n) is 3.61. The first kappa shape index (κ1) is 22.1. The summed E-state index contributed by atoms with van der Waals surface area (Å²) < 4.78 is 11.7. The predicted octanol–water partition coefficient (Wildman–Crippen LogP) is 5.50. The first-order valence-electron chi connectivity index (χ1n) is 10.2. The van der Waals surface area contributed by atoms with Crippen LogP contribution in [-0.4, -0.2) is 31.7 Å². The first-order chi connectivity index (χ1) is 15.6. The van der Waals surface area contributed by atoms with Crippen molar-refractivity contribution in [3.63, 3.8) is 0 Å². The van der Waals surface area contributed by atoms with Gasteiger partial charge in [-0.1, -0.05) is 48.5 Å². The average molecular weight is 538 g/mol. The molecule has 32 heavy (non-hydrogen) atoms. The number of nitrogens with one attached hydrogen (secondary N) is 1. The molecule has 0 saturated heterocycles. The summed E-state index contributed by atoms with van der Waals surface area (Å²) in [6.45, 7) is 0.503. The van der Waals surface area contributed by atoms with Crippen LogP contribution < -0.4 is 14.8 Å². The number of aromatic nitrogens is 1. The molecule has 1 heterocycles. The maximum Gasteiger partial charge on any atom is 0.252 e. The molecule has 4 rings (SSSR count). The Kier molecular flexibility index (Phi) is 6.90. The zero-order valence-corrected chi connectivity index (χ0v) is 20.0. The molecule has 0 aliphatic heterocycles. The normalized spacial score (nSPS) is 10.7. The fraction of sp³-hybridized carbons (Fsp3) is 0.154. The minimum atomic E-state index is -0.114. The summed E-state index contributed by atoms with van der Waals surface area (Å²) in [5.41, 5.74) is 4.28. The van der Waals surface area contributed by atoms with Crippen molar-refractivity contribution in [3.8, 4) is 22.8 Å². The van der Waals surface area contributed by atoms with Gasteiger partial charge in [0, 0.05) is 21.1 Å². The second-order valence-electron chi connectivity index (χ2n) is 7.25. The van der Waals surface area contributed by atoms with Gasteiger partial charge in [0.2, 0.25) is 0 Å². The summed E-state index contributed by atoms with van der Waals surface area (Å²) in [7, 11) is 3.23. The van der Waals surface area contributed by atoms with Crippen molar-refractivity contribution in [1.29, 1.82) is 0 Å². The molecule has 1 amide bonds. The number of methoxy groups -OCH3 is 2. The number of hydrogen-bond acceptors (Lipinski definition) is 4. The van der Waals surface area contributed by atoms with Crippen molar-refractivity contribution in [3.05, 3.63) is 87.5 Å². The third kappa shape index (κ3) is 4.70. The maximum atomic E-state index is 13.2. The quantitative estimate of drug-likeness (QED) is 0.316.